The molecule has 152 valence electrons. The average molecular weight is 385 g/mol. The minimum Gasteiger partial charge on any atom is -0.490 e. The van der Waals surface area contributed by atoms with Crippen LogP contribution in [0.15, 0.2) is 36.7 Å². The Morgan fingerprint density at radius 1 is 0.821 bits per heavy atom. The van der Waals surface area contributed by atoms with E-state index < -0.39 is 0 Å². The molecule has 0 aliphatic carbocycles. The van der Waals surface area contributed by atoms with Crippen LogP contribution in [-0.4, -0.2) is 22.5 Å². The van der Waals surface area contributed by atoms with Gasteiger partial charge in [-0.15, -0.1) is 0 Å². The Morgan fingerprint density at radius 3 is 2.14 bits per heavy atom. The van der Waals surface area contributed by atoms with Crippen molar-refractivity contribution in [2.75, 3.05) is 6.61 Å². The molecule has 2 rings (SSSR count). The third-order valence-corrected chi connectivity index (χ3v) is 4.47. The van der Waals surface area contributed by atoms with Crippen LogP contribution in [0.25, 0.3) is 11.4 Å². The molecule has 0 unspecified atom stereocenters. The molecule has 0 spiro atoms. The van der Waals surface area contributed by atoms with E-state index in [1.54, 1.807) is 24.5 Å². The SMILES string of the molecule is CCCCCCCCOc1cnc(-c2ccc(OC(=O)CCCC)cc2)nc1. The van der Waals surface area contributed by atoms with E-state index in [1.807, 2.05) is 19.1 Å². The van der Waals surface area contributed by atoms with Gasteiger partial charge >= 0.3 is 5.97 Å². The molecule has 0 saturated carbocycles. The molecule has 1 heterocycles. The number of carbonyl (C=O) groups excluding carboxylic acids is 1. The second-order valence-corrected chi connectivity index (χ2v) is 6.96. The van der Waals surface area contributed by atoms with E-state index >= 15 is 0 Å². The van der Waals surface area contributed by atoms with Gasteiger partial charge in [-0.05, 0) is 37.1 Å². The number of aromatic nitrogens is 2. The molecule has 0 radical (unpaired) electrons. The van der Waals surface area contributed by atoms with Crippen molar-refractivity contribution < 1.29 is 14.3 Å². The standard InChI is InChI=1S/C23H32N2O3/c1-3-5-7-8-9-10-16-27-21-17-24-23(25-18-21)19-12-14-20(15-13-19)28-22(26)11-6-4-2/h12-15,17-18H,3-11,16H2,1-2H3. The highest BCUT2D eigenvalue weighted by molar-refractivity contribution is 5.72. The normalized spacial score (nSPS) is 10.6. The first-order valence-electron chi connectivity index (χ1n) is 10.5. The summed E-state index contributed by atoms with van der Waals surface area (Å²) in [5, 5.41) is 0. The first kappa shape index (κ1) is 21.9. The topological polar surface area (TPSA) is 61.3 Å². The molecule has 0 amide bonds. The number of esters is 1. The van der Waals surface area contributed by atoms with Crippen LogP contribution in [0, 0.1) is 0 Å². The number of rotatable bonds is 13. The fourth-order valence-corrected chi connectivity index (χ4v) is 2.79. The smallest absolute Gasteiger partial charge is 0.311 e. The van der Waals surface area contributed by atoms with E-state index in [0.29, 0.717) is 30.4 Å². The molecule has 2 aromatic rings. The van der Waals surface area contributed by atoms with Crippen molar-refractivity contribution in [2.45, 2.75) is 71.6 Å². The van der Waals surface area contributed by atoms with Gasteiger partial charge in [0.25, 0.3) is 0 Å². The summed E-state index contributed by atoms with van der Waals surface area (Å²) in [6.07, 6.45) is 13.1. The van der Waals surface area contributed by atoms with Crippen molar-refractivity contribution in [3.63, 3.8) is 0 Å². The van der Waals surface area contributed by atoms with Crippen molar-refractivity contribution in [1.29, 1.82) is 0 Å². The predicted octanol–water partition coefficient (Wildman–Crippen LogP) is 5.98. The minimum absolute atomic E-state index is 0.197. The second-order valence-electron chi connectivity index (χ2n) is 6.96. The molecule has 0 bridgehead atoms. The van der Waals surface area contributed by atoms with Gasteiger partial charge in [-0.25, -0.2) is 9.97 Å². The molecule has 0 N–H and O–H groups in total. The van der Waals surface area contributed by atoms with Crippen molar-refractivity contribution >= 4 is 5.97 Å². The van der Waals surface area contributed by atoms with Crippen LogP contribution in [0.1, 0.15) is 71.6 Å². The number of unbranched alkanes of at least 4 members (excludes halogenated alkanes) is 6. The molecule has 0 saturated heterocycles. The van der Waals surface area contributed by atoms with E-state index in [9.17, 15) is 4.79 Å². The largest absolute Gasteiger partial charge is 0.490 e. The van der Waals surface area contributed by atoms with Crippen LogP contribution < -0.4 is 9.47 Å². The molecule has 0 fully saturated rings. The van der Waals surface area contributed by atoms with Crippen LogP contribution in [0.2, 0.25) is 0 Å². The Kier molecular flexibility index (Phi) is 10.0. The van der Waals surface area contributed by atoms with Gasteiger partial charge in [0.2, 0.25) is 0 Å². The number of nitrogens with zero attached hydrogens (tertiary/aromatic N) is 2. The third-order valence-electron chi connectivity index (χ3n) is 4.47. The molecule has 0 aliphatic rings. The molecule has 5 heteroatoms. The first-order chi connectivity index (χ1) is 13.7. The third kappa shape index (κ3) is 8.07. The van der Waals surface area contributed by atoms with Gasteiger partial charge in [0.05, 0.1) is 19.0 Å². The quantitative estimate of drug-likeness (QED) is 0.241. The summed E-state index contributed by atoms with van der Waals surface area (Å²) in [5.41, 5.74) is 0.871. The highest BCUT2D eigenvalue weighted by Crippen LogP contribution is 2.21. The van der Waals surface area contributed by atoms with Gasteiger partial charge in [0.15, 0.2) is 11.6 Å². The first-order valence-corrected chi connectivity index (χ1v) is 10.5. The number of hydrogen-bond donors (Lipinski definition) is 0. The zero-order valence-electron chi connectivity index (χ0n) is 17.2. The zero-order chi connectivity index (χ0) is 20.0. The monoisotopic (exact) mass is 384 g/mol. The maximum atomic E-state index is 11.7. The highest BCUT2D eigenvalue weighted by Gasteiger charge is 2.06. The molecular formula is C23H32N2O3. The van der Waals surface area contributed by atoms with E-state index in [1.165, 1.54) is 32.1 Å². The lowest BCUT2D eigenvalue weighted by Crippen LogP contribution is -2.07. The summed E-state index contributed by atoms with van der Waals surface area (Å²) in [4.78, 5) is 20.4. The maximum Gasteiger partial charge on any atom is 0.311 e. The summed E-state index contributed by atoms with van der Waals surface area (Å²) in [7, 11) is 0. The van der Waals surface area contributed by atoms with Crippen molar-refractivity contribution in [2.24, 2.45) is 0 Å². The fraction of sp³-hybridized carbons (Fsp3) is 0.522. The highest BCUT2D eigenvalue weighted by atomic mass is 16.5. The Balaban J connectivity index is 1.77. The number of hydrogen-bond acceptors (Lipinski definition) is 5. The molecule has 0 atom stereocenters. The van der Waals surface area contributed by atoms with Crippen LogP contribution in [0.5, 0.6) is 11.5 Å². The van der Waals surface area contributed by atoms with Crippen LogP contribution >= 0.6 is 0 Å². The second kappa shape index (κ2) is 12.9. The maximum absolute atomic E-state index is 11.7. The van der Waals surface area contributed by atoms with E-state index in [0.717, 1.165) is 24.8 Å². The molecule has 1 aromatic carbocycles. The molecule has 5 nitrogen and oxygen atoms in total. The lowest BCUT2D eigenvalue weighted by Gasteiger charge is -2.07. The van der Waals surface area contributed by atoms with Gasteiger partial charge < -0.3 is 9.47 Å². The lowest BCUT2D eigenvalue weighted by atomic mass is 10.1. The fourth-order valence-electron chi connectivity index (χ4n) is 2.79. The van der Waals surface area contributed by atoms with E-state index in [2.05, 4.69) is 16.9 Å². The van der Waals surface area contributed by atoms with E-state index in [4.69, 9.17) is 9.47 Å². The Hall–Kier alpha value is -2.43. The van der Waals surface area contributed by atoms with Crippen molar-refractivity contribution in [3.05, 3.63) is 36.7 Å². The van der Waals surface area contributed by atoms with Gasteiger partial charge in [0.1, 0.15) is 5.75 Å². The van der Waals surface area contributed by atoms with Gasteiger partial charge in [-0.1, -0.05) is 52.4 Å². The summed E-state index contributed by atoms with van der Waals surface area (Å²) in [5.74, 6) is 1.66. The van der Waals surface area contributed by atoms with Gasteiger partial charge in [-0.3, -0.25) is 4.79 Å². The minimum atomic E-state index is -0.197. The number of ether oxygens (including phenoxy) is 2. The number of carbonyl (C=O) groups is 1. The summed E-state index contributed by atoms with van der Waals surface area (Å²) in [6.45, 7) is 4.98. The van der Waals surface area contributed by atoms with Crippen LogP contribution in [-0.2, 0) is 4.79 Å². The molecule has 0 aliphatic heterocycles. The summed E-state index contributed by atoms with van der Waals surface area (Å²) < 4.78 is 11.0. The molecular weight excluding hydrogens is 352 g/mol. The lowest BCUT2D eigenvalue weighted by molar-refractivity contribution is -0.134. The molecule has 1 aromatic heterocycles. The van der Waals surface area contributed by atoms with Crippen LogP contribution in [0.4, 0.5) is 0 Å². The molecule has 28 heavy (non-hydrogen) atoms. The van der Waals surface area contributed by atoms with Gasteiger partial charge in [0, 0.05) is 12.0 Å². The summed E-state index contributed by atoms with van der Waals surface area (Å²) in [6, 6.07) is 7.25. The van der Waals surface area contributed by atoms with Crippen molar-refractivity contribution in [1.82, 2.24) is 9.97 Å². The number of benzene rings is 1. The van der Waals surface area contributed by atoms with E-state index in [-0.39, 0.29) is 5.97 Å². The average Bonchev–Trinajstić information content (AvgIpc) is 2.73. The predicted molar refractivity (Wildman–Crippen MR) is 111 cm³/mol. The zero-order valence-corrected chi connectivity index (χ0v) is 17.2. The Labute approximate surface area is 168 Å². The van der Waals surface area contributed by atoms with Crippen LogP contribution in [0.3, 0.4) is 0 Å². The summed E-state index contributed by atoms with van der Waals surface area (Å²) >= 11 is 0. The Bertz CT molecular complexity index is 684. The van der Waals surface area contributed by atoms with Gasteiger partial charge in [-0.2, -0.15) is 0 Å². The Morgan fingerprint density at radius 2 is 1.46 bits per heavy atom. The van der Waals surface area contributed by atoms with Crippen molar-refractivity contribution in [3.8, 4) is 22.9 Å².